The van der Waals surface area contributed by atoms with Crippen molar-refractivity contribution in [3.05, 3.63) is 29.8 Å². The molecule has 4 heteroatoms. The normalized spacial score (nSPS) is 11.5. The number of anilines is 1. The minimum absolute atomic E-state index is 0.0328. The summed E-state index contributed by atoms with van der Waals surface area (Å²) in [6, 6.07) is 9.58. The lowest BCUT2D eigenvalue weighted by Gasteiger charge is -2.06. The number of hydrogen-bond donors (Lipinski definition) is 2. The monoisotopic (exact) mass is 231 g/mol. The molecule has 1 rings (SSSR count). The van der Waals surface area contributed by atoms with E-state index in [0.29, 0.717) is 25.1 Å². The van der Waals surface area contributed by atoms with E-state index in [1.54, 1.807) is 6.92 Å². The molecule has 0 aromatic heterocycles. The highest BCUT2D eigenvalue weighted by atomic mass is 16.1. The van der Waals surface area contributed by atoms with Crippen molar-refractivity contribution in [1.29, 1.82) is 5.26 Å². The van der Waals surface area contributed by atoms with Gasteiger partial charge in [-0.2, -0.15) is 5.26 Å². The highest BCUT2D eigenvalue weighted by Gasteiger charge is 2.04. The Morgan fingerprint density at radius 3 is 3.00 bits per heavy atom. The van der Waals surface area contributed by atoms with Crippen molar-refractivity contribution < 1.29 is 4.79 Å². The van der Waals surface area contributed by atoms with Gasteiger partial charge in [0.25, 0.3) is 0 Å². The van der Waals surface area contributed by atoms with Crippen LogP contribution < -0.4 is 11.1 Å². The zero-order valence-corrected chi connectivity index (χ0v) is 9.94. The molecule has 0 saturated heterocycles. The summed E-state index contributed by atoms with van der Waals surface area (Å²) in [5.74, 6) is -0.180. The van der Waals surface area contributed by atoms with Crippen LogP contribution in [0.1, 0.15) is 18.9 Å². The highest BCUT2D eigenvalue weighted by Crippen LogP contribution is 2.08. The van der Waals surface area contributed by atoms with Crippen LogP contribution >= 0.6 is 0 Å². The van der Waals surface area contributed by atoms with Gasteiger partial charge in [0.1, 0.15) is 0 Å². The summed E-state index contributed by atoms with van der Waals surface area (Å²) in [7, 11) is 0. The second-order valence-corrected chi connectivity index (χ2v) is 4.08. The minimum atomic E-state index is -0.147. The summed E-state index contributed by atoms with van der Waals surface area (Å²) < 4.78 is 0. The van der Waals surface area contributed by atoms with Gasteiger partial charge in [-0.1, -0.05) is 12.1 Å². The maximum Gasteiger partial charge on any atom is 0.220 e. The Balaban J connectivity index is 2.31. The van der Waals surface area contributed by atoms with Gasteiger partial charge in [0, 0.05) is 18.7 Å². The Morgan fingerprint density at radius 2 is 2.35 bits per heavy atom. The number of nitrogens with zero attached hydrogens (tertiary/aromatic N) is 1. The Hall–Kier alpha value is -2.02. The fraction of sp³-hybridized carbons (Fsp3) is 0.385. The lowest BCUT2D eigenvalue weighted by Crippen LogP contribution is -2.27. The number of nitrogens with two attached hydrogens (primary N) is 1. The van der Waals surface area contributed by atoms with Gasteiger partial charge < -0.3 is 11.1 Å². The summed E-state index contributed by atoms with van der Waals surface area (Å²) >= 11 is 0. The number of aryl methyl sites for hydroxylation is 1. The van der Waals surface area contributed by atoms with Crippen molar-refractivity contribution in [2.75, 3.05) is 12.3 Å². The number of nitrogen functional groups attached to an aromatic ring is 1. The summed E-state index contributed by atoms with van der Waals surface area (Å²) in [5.41, 5.74) is 7.40. The molecule has 0 bridgehead atoms. The molecule has 4 nitrogen and oxygen atoms in total. The molecule has 0 radical (unpaired) electrons. The molecule has 90 valence electrons. The first-order valence-corrected chi connectivity index (χ1v) is 5.62. The number of carbonyl (C=O) groups excluding carboxylic acids is 1. The number of carbonyl (C=O) groups is 1. The van der Waals surface area contributed by atoms with Crippen LogP contribution in [0.25, 0.3) is 0 Å². The molecule has 0 aliphatic rings. The molecule has 1 atom stereocenters. The molecule has 1 amide bonds. The molecule has 1 aromatic rings. The maximum atomic E-state index is 11.5. The number of nitriles is 1. The van der Waals surface area contributed by atoms with Crippen LogP contribution in [0.5, 0.6) is 0 Å². The topological polar surface area (TPSA) is 78.9 Å². The molecule has 0 heterocycles. The van der Waals surface area contributed by atoms with E-state index in [4.69, 9.17) is 11.0 Å². The molecular formula is C13H17N3O. The van der Waals surface area contributed by atoms with Crippen LogP contribution in [-0.2, 0) is 11.2 Å². The highest BCUT2D eigenvalue weighted by molar-refractivity contribution is 5.76. The van der Waals surface area contributed by atoms with Crippen molar-refractivity contribution in [3.8, 4) is 6.07 Å². The van der Waals surface area contributed by atoms with Gasteiger partial charge in [-0.15, -0.1) is 0 Å². The minimum Gasteiger partial charge on any atom is -0.399 e. The van der Waals surface area contributed by atoms with Gasteiger partial charge in [0.05, 0.1) is 12.0 Å². The van der Waals surface area contributed by atoms with E-state index < -0.39 is 0 Å². The summed E-state index contributed by atoms with van der Waals surface area (Å²) in [6.07, 6.45) is 1.08. The smallest absolute Gasteiger partial charge is 0.220 e. The molecule has 0 fully saturated rings. The van der Waals surface area contributed by atoms with E-state index in [0.717, 1.165) is 5.56 Å². The van der Waals surface area contributed by atoms with Crippen molar-refractivity contribution in [2.45, 2.75) is 19.8 Å². The Labute approximate surface area is 101 Å². The SMILES string of the molecule is CC(C#N)CNC(=O)CCc1cccc(N)c1. The molecule has 17 heavy (non-hydrogen) atoms. The van der Waals surface area contributed by atoms with Crippen LogP contribution in [0.2, 0.25) is 0 Å². The maximum absolute atomic E-state index is 11.5. The van der Waals surface area contributed by atoms with Gasteiger partial charge in [0.15, 0.2) is 0 Å². The Kier molecular flexibility index (Phi) is 5.02. The van der Waals surface area contributed by atoms with Crippen molar-refractivity contribution >= 4 is 11.6 Å². The number of nitrogens with one attached hydrogen (secondary N) is 1. The third-order valence-electron chi connectivity index (χ3n) is 2.42. The van der Waals surface area contributed by atoms with E-state index in [1.807, 2.05) is 24.3 Å². The second-order valence-electron chi connectivity index (χ2n) is 4.08. The zero-order chi connectivity index (χ0) is 12.7. The number of benzene rings is 1. The van der Waals surface area contributed by atoms with Crippen LogP contribution in [0.4, 0.5) is 5.69 Å². The molecule has 1 aromatic carbocycles. The number of hydrogen-bond acceptors (Lipinski definition) is 3. The summed E-state index contributed by atoms with van der Waals surface area (Å²) in [6.45, 7) is 2.18. The van der Waals surface area contributed by atoms with E-state index in [-0.39, 0.29) is 11.8 Å². The van der Waals surface area contributed by atoms with Gasteiger partial charge in [-0.05, 0) is 31.0 Å². The van der Waals surface area contributed by atoms with E-state index in [2.05, 4.69) is 11.4 Å². The standard InChI is InChI=1S/C13H17N3O/c1-10(8-14)9-16-13(17)6-5-11-3-2-4-12(15)7-11/h2-4,7,10H,5-6,9,15H2,1H3,(H,16,17). The molecule has 0 saturated carbocycles. The molecule has 3 N–H and O–H groups in total. The van der Waals surface area contributed by atoms with Gasteiger partial charge in [0.2, 0.25) is 5.91 Å². The predicted molar refractivity (Wildman–Crippen MR) is 67.0 cm³/mol. The fourth-order valence-corrected chi connectivity index (χ4v) is 1.41. The van der Waals surface area contributed by atoms with Crippen LogP contribution in [0.3, 0.4) is 0 Å². The van der Waals surface area contributed by atoms with Crippen LogP contribution in [0.15, 0.2) is 24.3 Å². The van der Waals surface area contributed by atoms with Crippen molar-refractivity contribution in [2.24, 2.45) is 5.92 Å². The van der Waals surface area contributed by atoms with Crippen LogP contribution in [-0.4, -0.2) is 12.5 Å². The first-order valence-electron chi connectivity index (χ1n) is 5.62. The molecule has 0 spiro atoms. The third kappa shape index (κ3) is 5.03. The van der Waals surface area contributed by atoms with Gasteiger partial charge >= 0.3 is 0 Å². The average molecular weight is 231 g/mol. The summed E-state index contributed by atoms with van der Waals surface area (Å²) in [4.78, 5) is 11.5. The fourth-order valence-electron chi connectivity index (χ4n) is 1.41. The first kappa shape index (κ1) is 13.0. The van der Waals surface area contributed by atoms with Gasteiger partial charge in [-0.25, -0.2) is 0 Å². The lowest BCUT2D eigenvalue weighted by molar-refractivity contribution is -0.121. The molecule has 1 unspecified atom stereocenters. The van der Waals surface area contributed by atoms with Crippen molar-refractivity contribution in [1.82, 2.24) is 5.32 Å². The molecular weight excluding hydrogens is 214 g/mol. The second kappa shape index (κ2) is 6.54. The molecule has 0 aliphatic carbocycles. The lowest BCUT2D eigenvalue weighted by atomic mass is 10.1. The first-order chi connectivity index (χ1) is 8.11. The van der Waals surface area contributed by atoms with E-state index in [9.17, 15) is 4.79 Å². The largest absolute Gasteiger partial charge is 0.399 e. The predicted octanol–water partition coefficient (Wildman–Crippen LogP) is 1.48. The van der Waals surface area contributed by atoms with Crippen molar-refractivity contribution in [3.63, 3.8) is 0 Å². The molecule has 0 aliphatic heterocycles. The van der Waals surface area contributed by atoms with E-state index >= 15 is 0 Å². The number of amides is 1. The number of rotatable bonds is 5. The Bertz CT molecular complexity index is 423. The summed E-state index contributed by atoms with van der Waals surface area (Å²) in [5, 5.41) is 11.3. The van der Waals surface area contributed by atoms with E-state index in [1.165, 1.54) is 0 Å². The Morgan fingerprint density at radius 1 is 1.59 bits per heavy atom. The quantitative estimate of drug-likeness (QED) is 0.753. The van der Waals surface area contributed by atoms with Gasteiger partial charge in [-0.3, -0.25) is 4.79 Å². The average Bonchev–Trinajstić information content (AvgIpc) is 2.33. The zero-order valence-electron chi connectivity index (χ0n) is 9.94. The third-order valence-corrected chi connectivity index (χ3v) is 2.42. The van der Waals surface area contributed by atoms with Crippen LogP contribution in [0, 0.1) is 17.2 Å².